The highest BCUT2D eigenvalue weighted by Gasteiger charge is 2.64. The lowest BCUT2D eigenvalue weighted by Gasteiger charge is -2.27. The van der Waals surface area contributed by atoms with Crippen LogP contribution in [0.1, 0.15) is 12.8 Å². The lowest BCUT2D eigenvalue weighted by Crippen LogP contribution is -2.39. The first-order valence-corrected chi connectivity index (χ1v) is 7.91. The van der Waals surface area contributed by atoms with Gasteiger partial charge in [0, 0.05) is 25.6 Å². The summed E-state index contributed by atoms with van der Waals surface area (Å²) in [6.45, 7) is 4.42. The number of carbonyl (C=O) groups is 2. The highest BCUT2D eigenvalue weighted by Crippen LogP contribution is 2.57. The number of hydrogen-bond donors (Lipinski definition) is 0. The summed E-state index contributed by atoms with van der Waals surface area (Å²) < 4.78 is 16.1. The largest absolute Gasteiger partial charge is 0.464 e. The van der Waals surface area contributed by atoms with E-state index in [4.69, 9.17) is 14.2 Å². The van der Waals surface area contributed by atoms with Gasteiger partial charge >= 0.3 is 11.9 Å². The first kappa shape index (κ1) is 13.5. The van der Waals surface area contributed by atoms with Crippen molar-refractivity contribution >= 4 is 11.9 Å². The van der Waals surface area contributed by atoms with E-state index in [1.54, 1.807) is 0 Å². The molecule has 0 aromatic rings. The summed E-state index contributed by atoms with van der Waals surface area (Å²) in [5.41, 5.74) is 0. The lowest BCUT2D eigenvalue weighted by molar-refractivity contribution is -0.156. The predicted molar refractivity (Wildman–Crippen MR) is 71.3 cm³/mol. The zero-order valence-corrected chi connectivity index (χ0v) is 12.0. The van der Waals surface area contributed by atoms with E-state index in [1.165, 1.54) is 0 Å². The van der Waals surface area contributed by atoms with Crippen molar-refractivity contribution in [2.75, 3.05) is 39.5 Å². The molecule has 0 spiro atoms. The number of esters is 2. The molecule has 0 amide bonds. The molecule has 2 saturated carbocycles. The average Bonchev–Trinajstić information content (AvgIpc) is 3.09. The minimum Gasteiger partial charge on any atom is -0.464 e. The fourth-order valence-electron chi connectivity index (χ4n) is 4.52. The van der Waals surface area contributed by atoms with Crippen LogP contribution in [0.3, 0.4) is 0 Å². The summed E-state index contributed by atoms with van der Waals surface area (Å²) in [5.74, 6) is -0.319. The molecule has 5 unspecified atom stereocenters. The van der Waals surface area contributed by atoms with Gasteiger partial charge in [0.2, 0.25) is 0 Å². The molecule has 5 atom stereocenters. The van der Waals surface area contributed by atoms with Gasteiger partial charge in [-0.2, -0.15) is 0 Å². The van der Waals surface area contributed by atoms with Crippen molar-refractivity contribution in [3.63, 3.8) is 0 Å². The highest BCUT2D eigenvalue weighted by molar-refractivity contribution is 5.85. The predicted octanol–water partition coefficient (Wildman–Crippen LogP) is 0.0594. The topological polar surface area (TPSA) is 65.1 Å². The van der Waals surface area contributed by atoms with Crippen LogP contribution in [0.2, 0.25) is 0 Å². The summed E-state index contributed by atoms with van der Waals surface area (Å²) in [7, 11) is 0. The Hall–Kier alpha value is -1.14. The molecule has 6 nitrogen and oxygen atoms in total. The first-order chi connectivity index (χ1) is 10.2. The van der Waals surface area contributed by atoms with E-state index >= 15 is 0 Å². The number of rotatable bonds is 4. The molecule has 2 saturated heterocycles. The van der Waals surface area contributed by atoms with Gasteiger partial charge in [0.1, 0.15) is 12.7 Å². The standard InChI is InChI=1S/C15H21NO5/c17-14(20-6-3-16-1-4-19-5-2-16)12-9-7-10-11(8-9)21-15(18)13(10)12/h9-13H,1-8H2. The summed E-state index contributed by atoms with van der Waals surface area (Å²) in [6, 6.07) is 0. The van der Waals surface area contributed by atoms with Gasteiger partial charge in [-0.1, -0.05) is 0 Å². The van der Waals surface area contributed by atoms with Crippen molar-refractivity contribution in [3.05, 3.63) is 0 Å². The van der Waals surface area contributed by atoms with Crippen molar-refractivity contribution in [2.45, 2.75) is 18.9 Å². The van der Waals surface area contributed by atoms with Gasteiger partial charge in [0.05, 0.1) is 25.0 Å². The summed E-state index contributed by atoms with van der Waals surface area (Å²) in [5, 5.41) is 0. The summed E-state index contributed by atoms with van der Waals surface area (Å²) in [6.07, 6.45) is 1.87. The molecular formula is C15H21NO5. The van der Waals surface area contributed by atoms with E-state index in [9.17, 15) is 9.59 Å². The Morgan fingerprint density at radius 3 is 2.90 bits per heavy atom. The van der Waals surface area contributed by atoms with Gasteiger partial charge in [-0.3, -0.25) is 14.5 Å². The summed E-state index contributed by atoms with van der Waals surface area (Å²) >= 11 is 0. The fraction of sp³-hybridized carbons (Fsp3) is 0.867. The van der Waals surface area contributed by atoms with Crippen molar-refractivity contribution < 1.29 is 23.8 Å². The zero-order valence-electron chi connectivity index (χ0n) is 12.0. The van der Waals surface area contributed by atoms with Gasteiger partial charge in [0.25, 0.3) is 0 Å². The van der Waals surface area contributed by atoms with Crippen LogP contribution in [0.4, 0.5) is 0 Å². The van der Waals surface area contributed by atoms with Crippen molar-refractivity contribution in [2.24, 2.45) is 23.7 Å². The number of fused-ring (bicyclic) bond motifs is 1. The maximum absolute atomic E-state index is 12.3. The molecule has 2 bridgehead atoms. The smallest absolute Gasteiger partial charge is 0.310 e. The number of hydrogen-bond acceptors (Lipinski definition) is 6. The minimum atomic E-state index is -0.258. The van der Waals surface area contributed by atoms with E-state index < -0.39 is 0 Å². The maximum Gasteiger partial charge on any atom is 0.310 e. The monoisotopic (exact) mass is 295 g/mol. The van der Waals surface area contributed by atoms with Crippen molar-refractivity contribution in [1.82, 2.24) is 4.90 Å². The van der Waals surface area contributed by atoms with Gasteiger partial charge in [0.15, 0.2) is 0 Å². The Kier molecular flexibility index (Phi) is 3.38. The minimum absolute atomic E-state index is 0.0740. The Balaban J connectivity index is 1.30. The molecule has 4 aliphatic rings. The quantitative estimate of drug-likeness (QED) is 0.683. The van der Waals surface area contributed by atoms with Crippen molar-refractivity contribution in [1.29, 1.82) is 0 Å². The van der Waals surface area contributed by atoms with Gasteiger partial charge in [-0.05, 0) is 18.8 Å². The van der Waals surface area contributed by atoms with E-state index in [1.807, 2.05) is 0 Å². The van der Waals surface area contributed by atoms with Crippen LogP contribution < -0.4 is 0 Å². The van der Waals surface area contributed by atoms with Crippen LogP contribution in [-0.2, 0) is 23.8 Å². The van der Waals surface area contributed by atoms with E-state index in [0.29, 0.717) is 6.61 Å². The second kappa shape index (κ2) is 5.25. The van der Waals surface area contributed by atoms with E-state index in [-0.39, 0.29) is 41.7 Å². The molecule has 2 aliphatic carbocycles. The second-order valence-corrected chi connectivity index (χ2v) is 6.54. The normalized spacial score (nSPS) is 41.3. The van der Waals surface area contributed by atoms with Crippen LogP contribution in [0.15, 0.2) is 0 Å². The molecule has 0 aromatic carbocycles. The number of carbonyl (C=O) groups excluding carboxylic acids is 2. The van der Waals surface area contributed by atoms with Crippen LogP contribution >= 0.6 is 0 Å². The molecule has 0 N–H and O–H groups in total. The Labute approximate surface area is 123 Å². The molecule has 4 fully saturated rings. The molecule has 4 rings (SSSR count). The van der Waals surface area contributed by atoms with Gasteiger partial charge in [-0.25, -0.2) is 0 Å². The third-order valence-electron chi connectivity index (χ3n) is 5.51. The van der Waals surface area contributed by atoms with E-state index in [2.05, 4.69) is 4.90 Å². The zero-order chi connectivity index (χ0) is 14.4. The Morgan fingerprint density at radius 2 is 2.10 bits per heavy atom. The molecule has 2 aliphatic heterocycles. The molecular weight excluding hydrogens is 274 g/mol. The SMILES string of the molecule is O=C(OCCN1CCOCC1)C1C2CC3OC(=O)C1C3C2. The third-order valence-corrected chi connectivity index (χ3v) is 5.51. The van der Waals surface area contributed by atoms with Gasteiger partial charge in [-0.15, -0.1) is 0 Å². The maximum atomic E-state index is 12.3. The number of morpholine rings is 1. The first-order valence-electron chi connectivity index (χ1n) is 7.91. The summed E-state index contributed by atoms with van der Waals surface area (Å²) in [4.78, 5) is 26.4. The molecule has 2 heterocycles. The van der Waals surface area contributed by atoms with E-state index in [0.717, 1.165) is 45.7 Å². The molecule has 21 heavy (non-hydrogen) atoms. The number of nitrogens with zero attached hydrogens (tertiary/aromatic N) is 1. The van der Waals surface area contributed by atoms with Crippen LogP contribution in [0.5, 0.6) is 0 Å². The average molecular weight is 295 g/mol. The van der Waals surface area contributed by atoms with Gasteiger partial charge < -0.3 is 14.2 Å². The Bertz CT molecular complexity index is 445. The Morgan fingerprint density at radius 1 is 1.29 bits per heavy atom. The van der Waals surface area contributed by atoms with Crippen LogP contribution in [0.25, 0.3) is 0 Å². The third kappa shape index (κ3) is 2.25. The molecule has 0 aromatic heterocycles. The molecule has 0 radical (unpaired) electrons. The fourth-order valence-corrected chi connectivity index (χ4v) is 4.52. The van der Waals surface area contributed by atoms with Crippen LogP contribution in [0, 0.1) is 23.7 Å². The molecule has 6 heteroatoms. The molecule has 116 valence electrons. The lowest BCUT2D eigenvalue weighted by atomic mass is 9.80. The highest BCUT2D eigenvalue weighted by atomic mass is 16.6. The van der Waals surface area contributed by atoms with Crippen LogP contribution in [-0.4, -0.2) is 62.4 Å². The second-order valence-electron chi connectivity index (χ2n) is 6.54. The van der Waals surface area contributed by atoms with Crippen molar-refractivity contribution in [3.8, 4) is 0 Å². The number of ether oxygens (including phenoxy) is 3.